The van der Waals surface area contributed by atoms with Crippen molar-refractivity contribution in [2.24, 2.45) is 5.41 Å². The summed E-state index contributed by atoms with van der Waals surface area (Å²) in [5, 5.41) is 3.38. The lowest BCUT2D eigenvalue weighted by molar-refractivity contribution is -0.134. The van der Waals surface area contributed by atoms with Gasteiger partial charge in [0.15, 0.2) is 9.84 Å². The molecule has 2 atom stereocenters. The predicted octanol–water partition coefficient (Wildman–Crippen LogP) is 3.46. The monoisotopic (exact) mass is 424 g/mol. The molecule has 1 aliphatic heterocycles. The summed E-state index contributed by atoms with van der Waals surface area (Å²) in [4.78, 5) is 15.1. The molecule has 1 aromatic rings. The van der Waals surface area contributed by atoms with Gasteiger partial charge in [-0.15, -0.1) is 0 Å². The van der Waals surface area contributed by atoms with Gasteiger partial charge in [0.2, 0.25) is 5.91 Å². The van der Waals surface area contributed by atoms with Gasteiger partial charge in [-0.2, -0.15) is 0 Å². The second-order valence-corrected chi connectivity index (χ2v) is 11.8. The van der Waals surface area contributed by atoms with E-state index in [0.717, 1.165) is 31.2 Å². The van der Waals surface area contributed by atoms with Crippen LogP contribution < -0.4 is 5.32 Å². The first-order valence-corrected chi connectivity index (χ1v) is 12.4. The van der Waals surface area contributed by atoms with Crippen LogP contribution in [0, 0.1) is 11.2 Å². The largest absolute Gasteiger partial charge is 0.335 e. The van der Waals surface area contributed by atoms with Gasteiger partial charge in [0.05, 0.1) is 18.1 Å². The van der Waals surface area contributed by atoms with E-state index in [1.807, 2.05) is 4.90 Å². The molecule has 1 heterocycles. The first kappa shape index (κ1) is 22.2. The maximum absolute atomic E-state index is 13.3. The van der Waals surface area contributed by atoms with Gasteiger partial charge < -0.3 is 10.2 Å². The smallest absolute Gasteiger partial charge is 0.237 e. The minimum Gasteiger partial charge on any atom is -0.335 e. The average molecular weight is 425 g/mol. The molecule has 2 unspecified atom stereocenters. The lowest BCUT2D eigenvalue weighted by Crippen LogP contribution is -2.51. The normalized spacial score (nSPS) is 23.2. The zero-order valence-electron chi connectivity index (χ0n) is 17.7. The number of carbonyl (C=O) groups is 1. The van der Waals surface area contributed by atoms with E-state index in [1.165, 1.54) is 12.1 Å². The van der Waals surface area contributed by atoms with Crippen molar-refractivity contribution >= 4 is 15.7 Å². The lowest BCUT2D eigenvalue weighted by Gasteiger charge is -2.36. The molecule has 1 aromatic carbocycles. The van der Waals surface area contributed by atoms with E-state index in [2.05, 4.69) is 26.1 Å². The SMILES string of the molecule is CC(C)(C)C(NCC(=O)N(C1CCCC1)C1CCS(=O)(=O)C1)c1ccc(F)cc1. The van der Waals surface area contributed by atoms with Gasteiger partial charge in [0, 0.05) is 18.1 Å². The van der Waals surface area contributed by atoms with Crippen LogP contribution in [0.15, 0.2) is 24.3 Å². The van der Waals surface area contributed by atoms with Gasteiger partial charge in [-0.1, -0.05) is 45.7 Å². The Kier molecular flexibility index (Phi) is 6.68. The number of carbonyl (C=O) groups excluding carboxylic acids is 1. The Hall–Kier alpha value is -1.47. The van der Waals surface area contributed by atoms with E-state index in [9.17, 15) is 17.6 Å². The maximum Gasteiger partial charge on any atom is 0.237 e. The number of sulfone groups is 1. The van der Waals surface area contributed by atoms with Crippen molar-refractivity contribution in [3.8, 4) is 0 Å². The van der Waals surface area contributed by atoms with E-state index < -0.39 is 9.84 Å². The molecule has 1 amide bonds. The molecule has 1 N–H and O–H groups in total. The highest BCUT2D eigenvalue weighted by Gasteiger charge is 2.39. The van der Waals surface area contributed by atoms with Crippen LogP contribution in [0.2, 0.25) is 0 Å². The van der Waals surface area contributed by atoms with Crippen LogP contribution in [0.4, 0.5) is 4.39 Å². The zero-order chi connectivity index (χ0) is 21.2. The minimum atomic E-state index is -3.05. The van der Waals surface area contributed by atoms with Crippen LogP contribution in [0.3, 0.4) is 0 Å². The third-order valence-corrected chi connectivity index (χ3v) is 7.88. The second kappa shape index (κ2) is 8.72. The number of benzene rings is 1. The highest BCUT2D eigenvalue weighted by atomic mass is 32.2. The first-order valence-electron chi connectivity index (χ1n) is 10.6. The van der Waals surface area contributed by atoms with Gasteiger partial charge in [0.25, 0.3) is 0 Å². The van der Waals surface area contributed by atoms with Crippen LogP contribution in [-0.2, 0) is 14.6 Å². The van der Waals surface area contributed by atoms with E-state index in [-0.39, 0.29) is 53.3 Å². The summed E-state index contributed by atoms with van der Waals surface area (Å²) in [5.74, 6) is -0.0692. The molecule has 1 saturated carbocycles. The van der Waals surface area contributed by atoms with Crippen molar-refractivity contribution in [1.82, 2.24) is 10.2 Å². The number of halogens is 1. The minimum absolute atomic E-state index is 0.0321. The summed E-state index contributed by atoms with van der Waals surface area (Å²) in [6.45, 7) is 6.39. The Balaban J connectivity index is 1.74. The van der Waals surface area contributed by atoms with E-state index in [1.54, 1.807) is 12.1 Å². The van der Waals surface area contributed by atoms with Crippen molar-refractivity contribution < 1.29 is 17.6 Å². The molecule has 7 heteroatoms. The molecule has 0 radical (unpaired) electrons. The molecule has 2 fully saturated rings. The topological polar surface area (TPSA) is 66.5 Å². The van der Waals surface area contributed by atoms with Crippen LogP contribution in [0.1, 0.15) is 64.5 Å². The van der Waals surface area contributed by atoms with E-state index >= 15 is 0 Å². The molecule has 0 spiro atoms. The molecule has 1 aliphatic carbocycles. The van der Waals surface area contributed by atoms with Crippen LogP contribution >= 0.6 is 0 Å². The van der Waals surface area contributed by atoms with Gasteiger partial charge in [-0.05, 0) is 42.4 Å². The zero-order valence-corrected chi connectivity index (χ0v) is 18.5. The Morgan fingerprint density at radius 3 is 2.28 bits per heavy atom. The average Bonchev–Trinajstić information content (AvgIpc) is 3.26. The van der Waals surface area contributed by atoms with Crippen LogP contribution in [0.25, 0.3) is 0 Å². The molecule has 2 aliphatic rings. The van der Waals surface area contributed by atoms with Crippen molar-refractivity contribution in [2.45, 2.75) is 71.0 Å². The molecule has 5 nitrogen and oxygen atoms in total. The predicted molar refractivity (Wildman–Crippen MR) is 113 cm³/mol. The molecule has 3 rings (SSSR count). The highest BCUT2D eigenvalue weighted by Crippen LogP contribution is 2.33. The fourth-order valence-corrected chi connectivity index (χ4v) is 6.45. The Morgan fingerprint density at radius 1 is 1.14 bits per heavy atom. The standard InChI is InChI=1S/C22H33FN2O3S/c1-22(2,3)21(16-8-10-17(23)11-9-16)24-14-20(26)25(18-6-4-5-7-18)19-12-13-29(27,28)15-19/h8-11,18-19,21,24H,4-7,12-15H2,1-3H3. The third kappa shape index (κ3) is 5.57. The second-order valence-electron chi connectivity index (χ2n) is 9.53. The summed E-state index contributed by atoms with van der Waals surface area (Å²) in [7, 11) is -3.05. The van der Waals surface area contributed by atoms with E-state index in [4.69, 9.17) is 0 Å². The highest BCUT2D eigenvalue weighted by molar-refractivity contribution is 7.91. The molecular formula is C22H33FN2O3S. The lowest BCUT2D eigenvalue weighted by atomic mass is 9.82. The molecule has 162 valence electrons. The number of amides is 1. The number of hydrogen-bond donors (Lipinski definition) is 1. The third-order valence-electron chi connectivity index (χ3n) is 6.13. The van der Waals surface area contributed by atoms with Crippen molar-refractivity contribution in [1.29, 1.82) is 0 Å². The number of rotatable bonds is 6. The van der Waals surface area contributed by atoms with Crippen LogP contribution in [0.5, 0.6) is 0 Å². The quantitative estimate of drug-likeness (QED) is 0.759. The van der Waals surface area contributed by atoms with Crippen LogP contribution in [-0.4, -0.2) is 49.4 Å². The van der Waals surface area contributed by atoms with Crippen molar-refractivity contribution in [2.75, 3.05) is 18.1 Å². The fraction of sp³-hybridized carbons (Fsp3) is 0.682. The van der Waals surface area contributed by atoms with Gasteiger partial charge in [0.1, 0.15) is 5.82 Å². The number of nitrogens with one attached hydrogen (secondary N) is 1. The fourth-order valence-electron chi connectivity index (χ4n) is 4.74. The van der Waals surface area contributed by atoms with Gasteiger partial charge >= 0.3 is 0 Å². The Bertz CT molecular complexity index is 811. The van der Waals surface area contributed by atoms with E-state index in [0.29, 0.717) is 6.42 Å². The molecule has 0 bridgehead atoms. The summed E-state index contributed by atoms with van der Waals surface area (Å²) in [5.41, 5.74) is 0.759. The van der Waals surface area contributed by atoms with Crippen molar-refractivity contribution in [3.63, 3.8) is 0 Å². The van der Waals surface area contributed by atoms with Gasteiger partial charge in [-0.25, -0.2) is 12.8 Å². The Labute approximate surface area is 174 Å². The molecule has 0 aromatic heterocycles. The summed E-state index contributed by atoms with van der Waals surface area (Å²) in [6, 6.07) is 6.18. The number of nitrogens with zero attached hydrogens (tertiary/aromatic N) is 1. The molecular weight excluding hydrogens is 391 g/mol. The molecule has 29 heavy (non-hydrogen) atoms. The first-order chi connectivity index (χ1) is 13.6. The molecule has 1 saturated heterocycles. The number of hydrogen-bond acceptors (Lipinski definition) is 4. The summed E-state index contributed by atoms with van der Waals surface area (Å²) >= 11 is 0. The maximum atomic E-state index is 13.3. The van der Waals surface area contributed by atoms with Gasteiger partial charge in [-0.3, -0.25) is 4.79 Å². The summed E-state index contributed by atoms with van der Waals surface area (Å²) < 4.78 is 37.4. The van der Waals surface area contributed by atoms with Crippen molar-refractivity contribution in [3.05, 3.63) is 35.6 Å². The Morgan fingerprint density at radius 2 is 1.76 bits per heavy atom. The summed E-state index contributed by atoms with van der Waals surface area (Å²) in [6.07, 6.45) is 4.60.